The van der Waals surface area contributed by atoms with Gasteiger partial charge in [-0.25, -0.2) is 9.59 Å². The predicted octanol–water partition coefficient (Wildman–Crippen LogP) is 3.59. The van der Waals surface area contributed by atoms with Crippen molar-refractivity contribution in [1.82, 2.24) is 0 Å². The van der Waals surface area contributed by atoms with E-state index in [1.165, 1.54) is 13.8 Å². The minimum atomic E-state index is -0.935. The van der Waals surface area contributed by atoms with Crippen LogP contribution in [0.5, 0.6) is 0 Å². The summed E-state index contributed by atoms with van der Waals surface area (Å²) in [6.07, 6.45) is 0. The Bertz CT molecular complexity index is 180. The SMILES string of the molecule is C=C(C)C(=O)O.C=C(C)C(=O)O.CC.Cl.Cl.Cl. The molecular formula is C10H21Cl3O4. The molecule has 0 aromatic rings. The molecule has 0 saturated carbocycles. The van der Waals surface area contributed by atoms with E-state index in [1.807, 2.05) is 13.8 Å². The van der Waals surface area contributed by atoms with Crippen LogP contribution in [0.3, 0.4) is 0 Å². The molecule has 0 heterocycles. The third-order valence-electron chi connectivity index (χ3n) is 0.730. The first-order valence-corrected chi connectivity index (χ1v) is 4.06. The zero-order valence-corrected chi connectivity index (χ0v) is 12.8. The maximum absolute atomic E-state index is 9.60. The van der Waals surface area contributed by atoms with Crippen LogP contribution >= 0.6 is 37.2 Å². The molecule has 0 saturated heterocycles. The van der Waals surface area contributed by atoms with Crippen LogP contribution in [0.1, 0.15) is 27.7 Å². The second-order valence-electron chi connectivity index (χ2n) is 2.17. The van der Waals surface area contributed by atoms with E-state index in [0.29, 0.717) is 0 Å². The molecular weight excluding hydrogens is 290 g/mol. The third kappa shape index (κ3) is 50.8. The molecule has 106 valence electrons. The number of carbonyl (C=O) groups is 2. The van der Waals surface area contributed by atoms with Gasteiger partial charge in [0.1, 0.15) is 0 Å². The number of hydrogen-bond donors (Lipinski definition) is 2. The molecule has 2 N–H and O–H groups in total. The van der Waals surface area contributed by atoms with Crippen molar-refractivity contribution in [3.63, 3.8) is 0 Å². The van der Waals surface area contributed by atoms with E-state index in [4.69, 9.17) is 10.2 Å². The Labute approximate surface area is 121 Å². The summed E-state index contributed by atoms with van der Waals surface area (Å²) in [5.74, 6) is -1.87. The quantitative estimate of drug-likeness (QED) is 0.764. The molecule has 0 unspecified atom stereocenters. The molecule has 0 aromatic carbocycles. The van der Waals surface area contributed by atoms with Gasteiger partial charge in [-0.2, -0.15) is 0 Å². The highest BCUT2D eigenvalue weighted by atomic mass is 35.5. The van der Waals surface area contributed by atoms with E-state index in [0.717, 1.165) is 0 Å². The van der Waals surface area contributed by atoms with Gasteiger partial charge >= 0.3 is 11.9 Å². The first kappa shape index (κ1) is 36.0. The molecule has 7 heteroatoms. The molecule has 17 heavy (non-hydrogen) atoms. The Kier molecular flexibility index (Phi) is 51.8. The number of aliphatic carboxylic acids is 2. The van der Waals surface area contributed by atoms with Gasteiger partial charge in [0.15, 0.2) is 0 Å². The van der Waals surface area contributed by atoms with Crippen LogP contribution in [-0.2, 0) is 9.59 Å². The lowest BCUT2D eigenvalue weighted by Gasteiger charge is -1.79. The van der Waals surface area contributed by atoms with Crippen LogP contribution in [0.25, 0.3) is 0 Å². The Morgan fingerprint density at radius 1 is 0.765 bits per heavy atom. The van der Waals surface area contributed by atoms with Crippen LogP contribution in [0.4, 0.5) is 0 Å². The first-order valence-electron chi connectivity index (χ1n) is 4.06. The van der Waals surface area contributed by atoms with E-state index in [2.05, 4.69) is 13.2 Å². The van der Waals surface area contributed by atoms with Crippen molar-refractivity contribution in [1.29, 1.82) is 0 Å². The van der Waals surface area contributed by atoms with E-state index in [-0.39, 0.29) is 48.4 Å². The van der Waals surface area contributed by atoms with Crippen LogP contribution < -0.4 is 0 Å². The summed E-state index contributed by atoms with van der Waals surface area (Å²) >= 11 is 0. The van der Waals surface area contributed by atoms with Gasteiger partial charge in [-0.05, 0) is 13.8 Å². The maximum Gasteiger partial charge on any atom is 0.330 e. The van der Waals surface area contributed by atoms with Crippen molar-refractivity contribution in [2.75, 3.05) is 0 Å². The zero-order valence-electron chi connectivity index (χ0n) is 10.3. The highest BCUT2D eigenvalue weighted by Gasteiger charge is 1.90. The van der Waals surface area contributed by atoms with Gasteiger partial charge in [0, 0.05) is 11.1 Å². The molecule has 0 atom stereocenters. The molecule has 0 aliphatic heterocycles. The second-order valence-corrected chi connectivity index (χ2v) is 2.17. The highest BCUT2D eigenvalue weighted by molar-refractivity contribution is 5.86. The molecule has 0 radical (unpaired) electrons. The summed E-state index contributed by atoms with van der Waals surface area (Å²) in [4.78, 5) is 19.2. The maximum atomic E-state index is 9.60. The molecule has 0 aliphatic carbocycles. The van der Waals surface area contributed by atoms with Crippen molar-refractivity contribution in [2.24, 2.45) is 0 Å². The fourth-order valence-electron chi connectivity index (χ4n) is 0. The van der Waals surface area contributed by atoms with Crippen molar-refractivity contribution < 1.29 is 19.8 Å². The lowest BCUT2D eigenvalue weighted by molar-refractivity contribution is -0.133. The molecule has 0 aromatic heterocycles. The Balaban J connectivity index is -0.0000000268. The molecule has 0 bridgehead atoms. The minimum Gasteiger partial charge on any atom is -0.478 e. The van der Waals surface area contributed by atoms with Crippen LogP contribution in [0.2, 0.25) is 0 Å². The largest absolute Gasteiger partial charge is 0.478 e. The van der Waals surface area contributed by atoms with Gasteiger partial charge < -0.3 is 10.2 Å². The molecule has 0 aliphatic rings. The number of carboxylic acids is 2. The monoisotopic (exact) mass is 310 g/mol. The van der Waals surface area contributed by atoms with Crippen molar-refractivity contribution in [3.05, 3.63) is 24.3 Å². The molecule has 4 nitrogen and oxygen atoms in total. The summed E-state index contributed by atoms with van der Waals surface area (Å²) in [5.41, 5.74) is 0.352. The predicted molar refractivity (Wildman–Crippen MR) is 78.0 cm³/mol. The average Bonchev–Trinajstić information content (AvgIpc) is 2.08. The summed E-state index contributed by atoms with van der Waals surface area (Å²) in [5, 5.41) is 15.8. The van der Waals surface area contributed by atoms with Crippen LogP contribution in [0.15, 0.2) is 24.3 Å². The van der Waals surface area contributed by atoms with E-state index >= 15 is 0 Å². The van der Waals surface area contributed by atoms with Crippen LogP contribution in [0, 0.1) is 0 Å². The molecule has 0 amide bonds. The normalized spacial score (nSPS) is 5.65. The first-order chi connectivity index (χ1) is 6.29. The van der Waals surface area contributed by atoms with Gasteiger partial charge in [0.25, 0.3) is 0 Å². The van der Waals surface area contributed by atoms with Gasteiger partial charge in [-0.3, -0.25) is 0 Å². The summed E-state index contributed by atoms with van der Waals surface area (Å²) in [6, 6.07) is 0. The van der Waals surface area contributed by atoms with Crippen molar-refractivity contribution >= 4 is 49.2 Å². The standard InChI is InChI=1S/2C4H6O2.C2H6.3ClH/c2*1-3(2)4(5)6;1-2;;;/h2*1H2,2H3,(H,5,6);1-2H3;3*1H. The lowest BCUT2D eigenvalue weighted by atomic mass is 10.4. The van der Waals surface area contributed by atoms with Gasteiger partial charge in [0.05, 0.1) is 0 Å². The number of hydrogen-bond acceptors (Lipinski definition) is 2. The lowest BCUT2D eigenvalue weighted by Crippen LogP contribution is -1.92. The number of rotatable bonds is 2. The van der Waals surface area contributed by atoms with Gasteiger partial charge in [0.2, 0.25) is 0 Å². The Morgan fingerprint density at radius 3 is 0.824 bits per heavy atom. The van der Waals surface area contributed by atoms with E-state index in [1.54, 1.807) is 0 Å². The third-order valence-corrected chi connectivity index (χ3v) is 0.730. The highest BCUT2D eigenvalue weighted by Crippen LogP contribution is 1.81. The summed E-state index contributed by atoms with van der Waals surface area (Å²) < 4.78 is 0. The Hall–Kier alpha value is -0.710. The fraction of sp³-hybridized carbons (Fsp3) is 0.400. The van der Waals surface area contributed by atoms with E-state index in [9.17, 15) is 9.59 Å². The van der Waals surface area contributed by atoms with Crippen LogP contribution in [-0.4, -0.2) is 22.2 Å². The summed E-state index contributed by atoms with van der Waals surface area (Å²) in [7, 11) is 0. The average molecular weight is 312 g/mol. The van der Waals surface area contributed by atoms with E-state index < -0.39 is 11.9 Å². The minimum absolute atomic E-state index is 0. The fourth-order valence-corrected chi connectivity index (χ4v) is 0. The van der Waals surface area contributed by atoms with Gasteiger partial charge in [-0.15, -0.1) is 37.2 Å². The smallest absolute Gasteiger partial charge is 0.330 e. The summed E-state index contributed by atoms with van der Waals surface area (Å²) in [6.45, 7) is 13.2. The number of halogens is 3. The zero-order chi connectivity index (χ0) is 12.3. The molecule has 0 spiro atoms. The number of carboxylic acid groups (broad SMARTS) is 2. The van der Waals surface area contributed by atoms with Gasteiger partial charge in [-0.1, -0.05) is 27.0 Å². The molecule has 0 fully saturated rings. The second kappa shape index (κ2) is 24.5. The van der Waals surface area contributed by atoms with Crippen molar-refractivity contribution in [2.45, 2.75) is 27.7 Å². The molecule has 0 rings (SSSR count). The Morgan fingerprint density at radius 2 is 0.824 bits per heavy atom. The topological polar surface area (TPSA) is 74.6 Å². The van der Waals surface area contributed by atoms with Crippen molar-refractivity contribution in [3.8, 4) is 0 Å².